The van der Waals surface area contributed by atoms with E-state index in [1.807, 2.05) is 30.0 Å². The van der Waals surface area contributed by atoms with Crippen LogP contribution in [0.3, 0.4) is 0 Å². The Kier molecular flexibility index (Phi) is 7.49. The van der Waals surface area contributed by atoms with E-state index in [-0.39, 0.29) is 24.4 Å². The first-order valence-electron chi connectivity index (χ1n) is 8.94. The van der Waals surface area contributed by atoms with Crippen LogP contribution >= 0.6 is 12.4 Å². The zero-order valence-electron chi connectivity index (χ0n) is 15.2. The van der Waals surface area contributed by atoms with Crippen molar-refractivity contribution in [2.45, 2.75) is 32.3 Å². The van der Waals surface area contributed by atoms with E-state index in [9.17, 15) is 4.79 Å². The fourth-order valence-corrected chi connectivity index (χ4v) is 3.25. The smallest absolute Gasteiger partial charge is 0.254 e. The van der Waals surface area contributed by atoms with Crippen LogP contribution in [0, 0.1) is 6.92 Å². The van der Waals surface area contributed by atoms with Crippen molar-refractivity contribution < 1.29 is 9.53 Å². The minimum absolute atomic E-state index is 0. The molecule has 1 amide bonds. The summed E-state index contributed by atoms with van der Waals surface area (Å²) in [7, 11) is 0. The molecule has 140 valence electrons. The summed E-state index contributed by atoms with van der Waals surface area (Å²) in [6.45, 7) is 4.16. The number of benzene rings is 2. The average Bonchev–Trinajstić information content (AvgIpc) is 2.65. The minimum Gasteiger partial charge on any atom is -0.399 e. The molecule has 1 fully saturated rings. The first kappa shape index (κ1) is 20.3. The number of likely N-dealkylation sites (tertiary alicyclic amines) is 1. The lowest BCUT2D eigenvalue weighted by Crippen LogP contribution is -2.41. The quantitative estimate of drug-likeness (QED) is 0.808. The molecule has 26 heavy (non-hydrogen) atoms. The third-order valence-electron chi connectivity index (χ3n) is 4.81. The van der Waals surface area contributed by atoms with Crippen LogP contribution in [0.1, 0.15) is 34.3 Å². The van der Waals surface area contributed by atoms with Gasteiger partial charge in [0, 0.05) is 24.3 Å². The lowest BCUT2D eigenvalue weighted by Gasteiger charge is -2.32. The summed E-state index contributed by atoms with van der Waals surface area (Å²) >= 11 is 0. The van der Waals surface area contributed by atoms with E-state index in [4.69, 9.17) is 10.5 Å². The number of carbonyl (C=O) groups excluding carboxylic acids is 1. The molecule has 3 rings (SSSR count). The number of nitrogens with zero attached hydrogens (tertiary/aromatic N) is 1. The van der Waals surface area contributed by atoms with E-state index in [1.54, 1.807) is 6.07 Å². The summed E-state index contributed by atoms with van der Waals surface area (Å²) in [4.78, 5) is 14.6. The number of halogens is 1. The molecular weight excluding hydrogens is 348 g/mol. The molecule has 0 unspecified atom stereocenters. The summed E-state index contributed by atoms with van der Waals surface area (Å²) in [6, 6.07) is 15.9. The Labute approximate surface area is 161 Å². The van der Waals surface area contributed by atoms with E-state index in [1.165, 1.54) is 5.56 Å². The summed E-state index contributed by atoms with van der Waals surface area (Å²) < 4.78 is 6.01. The highest BCUT2D eigenvalue weighted by Crippen LogP contribution is 2.20. The number of amides is 1. The lowest BCUT2D eigenvalue weighted by atomic mass is 10.0. The zero-order chi connectivity index (χ0) is 17.6. The van der Waals surface area contributed by atoms with Gasteiger partial charge in [-0.25, -0.2) is 0 Å². The molecule has 4 nitrogen and oxygen atoms in total. The Morgan fingerprint density at radius 3 is 2.54 bits per heavy atom. The molecule has 0 aliphatic carbocycles. The Bertz CT molecular complexity index is 713. The first-order valence-corrected chi connectivity index (χ1v) is 8.94. The fraction of sp³-hybridized carbons (Fsp3) is 0.381. The zero-order valence-corrected chi connectivity index (χ0v) is 16.0. The van der Waals surface area contributed by atoms with Crippen LogP contribution in [0.25, 0.3) is 0 Å². The van der Waals surface area contributed by atoms with Gasteiger partial charge in [0.25, 0.3) is 5.91 Å². The Morgan fingerprint density at radius 1 is 1.15 bits per heavy atom. The second-order valence-electron chi connectivity index (χ2n) is 6.67. The number of hydrogen-bond donors (Lipinski definition) is 1. The highest BCUT2D eigenvalue weighted by Gasteiger charge is 2.24. The van der Waals surface area contributed by atoms with Crippen molar-refractivity contribution in [3.05, 3.63) is 65.2 Å². The molecule has 0 bridgehead atoms. The van der Waals surface area contributed by atoms with E-state index in [0.29, 0.717) is 11.3 Å². The minimum atomic E-state index is 0. The molecule has 0 saturated carbocycles. The summed E-state index contributed by atoms with van der Waals surface area (Å²) in [5, 5.41) is 0. The van der Waals surface area contributed by atoms with Crippen LogP contribution in [0.15, 0.2) is 48.5 Å². The van der Waals surface area contributed by atoms with E-state index in [0.717, 1.165) is 44.5 Å². The van der Waals surface area contributed by atoms with Gasteiger partial charge in [-0.1, -0.05) is 36.4 Å². The third-order valence-corrected chi connectivity index (χ3v) is 4.81. The molecule has 0 spiro atoms. The predicted octanol–water partition coefficient (Wildman–Crippen LogP) is 3.86. The third kappa shape index (κ3) is 5.23. The van der Waals surface area contributed by atoms with Crippen LogP contribution in [0.4, 0.5) is 5.69 Å². The van der Waals surface area contributed by atoms with E-state index < -0.39 is 0 Å². The molecule has 1 aliphatic heterocycles. The number of ether oxygens (including phenoxy) is 1. The second kappa shape index (κ2) is 9.60. The van der Waals surface area contributed by atoms with E-state index in [2.05, 4.69) is 24.3 Å². The molecule has 0 atom stereocenters. The number of piperidine rings is 1. The molecule has 0 radical (unpaired) electrons. The molecular formula is C21H27ClN2O2. The average molecular weight is 375 g/mol. The van der Waals surface area contributed by atoms with Gasteiger partial charge in [0.05, 0.1) is 12.7 Å². The molecule has 2 aromatic carbocycles. The molecule has 5 heteroatoms. The van der Waals surface area contributed by atoms with Crippen molar-refractivity contribution in [2.75, 3.05) is 25.4 Å². The van der Waals surface area contributed by atoms with Crippen LogP contribution in [0.5, 0.6) is 0 Å². The van der Waals surface area contributed by atoms with Crippen molar-refractivity contribution in [1.82, 2.24) is 4.90 Å². The first-order chi connectivity index (χ1) is 12.1. The van der Waals surface area contributed by atoms with Crippen molar-refractivity contribution >= 4 is 24.0 Å². The SMILES string of the molecule is Cc1ccc(N)cc1C(=O)N1CCC(OCCc2ccccc2)CC1.Cl. The number of nitrogens with two attached hydrogens (primary N) is 1. The maximum Gasteiger partial charge on any atom is 0.254 e. The predicted molar refractivity (Wildman–Crippen MR) is 108 cm³/mol. The molecule has 0 aromatic heterocycles. The maximum atomic E-state index is 12.7. The van der Waals surface area contributed by atoms with Crippen LogP contribution in [-0.4, -0.2) is 36.6 Å². The number of nitrogen functional groups attached to an aromatic ring is 1. The Morgan fingerprint density at radius 2 is 1.85 bits per heavy atom. The second-order valence-corrected chi connectivity index (χ2v) is 6.67. The number of anilines is 1. The van der Waals surface area contributed by atoms with Crippen molar-refractivity contribution in [3.8, 4) is 0 Å². The van der Waals surface area contributed by atoms with Crippen molar-refractivity contribution in [3.63, 3.8) is 0 Å². The molecule has 1 aliphatic rings. The monoisotopic (exact) mass is 374 g/mol. The highest BCUT2D eigenvalue weighted by atomic mass is 35.5. The summed E-state index contributed by atoms with van der Waals surface area (Å²) in [6.07, 6.45) is 2.96. The van der Waals surface area contributed by atoms with Gasteiger partial charge in [-0.3, -0.25) is 4.79 Å². The van der Waals surface area contributed by atoms with Gasteiger partial charge in [-0.05, 0) is 49.4 Å². The van der Waals surface area contributed by atoms with Crippen LogP contribution in [-0.2, 0) is 11.2 Å². The number of aryl methyl sites for hydroxylation is 1. The van der Waals surface area contributed by atoms with Gasteiger partial charge in [0.1, 0.15) is 0 Å². The van der Waals surface area contributed by atoms with Gasteiger partial charge in [0.15, 0.2) is 0 Å². The van der Waals surface area contributed by atoms with Gasteiger partial charge in [-0.15, -0.1) is 12.4 Å². The highest BCUT2D eigenvalue weighted by molar-refractivity contribution is 5.96. The van der Waals surface area contributed by atoms with Gasteiger partial charge in [0.2, 0.25) is 0 Å². The topological polar surface area (TPSA) is 55.6 Å². The van der Waals surface area contributed by atoms with Gasteiger partial charge in [-0.2, -0.15) is 0 Å². The van der Waals surface area contributed by atoms with Gasteiger partial charge < -0.3 is 15.4 Å². The number of rotatable bonds is 5. The normalized spacial score (nSPS) is 14.7. The largest absolute Gasteiger partial charge is 0.399 e. The fourth-order valence-electron chi connectivity index (χ4n) is 3.25. The summed E-state index contributed by atoms with van der Waals surface area (Å²) in [5.41, 5.74) is 9.44. The number of carbonyl (C=O) groups is 1. The van der Waals surface area contributed by atoms with Crippen LogP contribution < -0.4 is 5.73 Å². The Balaban J connectivity index is 0.00000243. The van der Waals surface area contributed by atoms with Crippen molar-refractivity contribution in [2.24, 2.45) is 0 Å². The lowest BCUT2D eigenvalue weighted by molar-refractivity contribution is 0.0100. The molecule has 2 N–H and O–H groups in total. The molecule has 2 aromatic rings. The van der Waals surface area contributed by atoms with E-state index >= 15 is 0 Å². The standard InChI is InChI=1S/C21H26N2O2.ClH/c1-16-7-8-18(22)15-20(16)21(24)23-12-9-19(10-13-23)25-14-11-17-5-3-2-4-6-17;/h2-8,15,19H,9-14,22H2,1H3;1H. The van der Waals surface area contributed by atoms with Gasteiger partial charge >= 0.3 is 0 Å². The molecule has 1 heterocycles. The Hall–Kier alpha value is -2.04. The summed E-state index contributed by atoms with van der Waals surface area (Å²) in [5.74, 6) is 0.0764. The van der Waals surface area contributed by atoms with Crippen molar-refractivity contribution in [1.29, 1.82) is 0 Å². The molecule has 1 saturated heterocycles. The number of hydrogen-bond acceptors (Lipinski definition) is 3. The van der Waals surface area contributed by atoms with Crippen LogP contribution in [0.2, 0.25) is 0 Å². The maximum absolute atomic E-state index is 12.7.